The molecule has 194 valence electrons. The number of amides is 1. The summed E-state index contributed by atoms with van der Waals surface area (Å²) < 4.78 is 24.4. The van der Waals surface area contributed by atoms with Crippen molar-refractivity contribution in [3.05, 3.63) is 108 Å². The van der Waals surface area contributed by atoms with Crippen LogP contribution in [0.4, 0.5) is 11.4 Å². The first-order valence-corrected chi connectivity index (χ1v) is 13.7. The van der Waals surface area contributed by atoms with Crippen LogP contribution in [-0.4, -0.2) is 37.6 Å². The van der Waals surface area contributed by atoms with Crippen LogP contribution in [-0.2, 0) is 21.1 Å². The predicted molar refractivity (Wildman–Crippen MR) is 150 cm³/mol. The number of sulfone groups is 1. The van der Waals surface area contributed by atoms with Crippen molar-refractivity contribution in [2.45, 2.75) is 17.4 Å². The summed E-state index contributed by atoms with van der Waals surface area (Å²) in [5, 5.41) is 23.5. The molecule has 38 heavy (non-hydrogen) atoms. The summed E-state index contributed by atoms with van der Waals surface area (Å²) in [6.07, 6.45) is 1.50. The van der Waals surface area contributed by atoms with Gasteiger partial charge >= 0.3 is 0 Å². The molecule has 8 nitrogen and oxygen atoms in total. The van der Waals surface area contributed by atoms with E-state index in [-0.39, 0.29) is 22.4 Å². The van der Waals surface area contributed by atoms with E-state index in [9.17, 15) is 18.3 Å². The normalized spacial score (nSPS) is 11.9. The topological polar surface area (TPSA) is 145 Å². The van der Waals surface area contributed by atoms with Gasteiger partial charge in [0.25, 0.3) is 0 Å². The van der Waals surface area contributed by atoms with Crippen LogP contribution in [0.3, 0.4) is 0 Å². The number of nitrogen functional groups attached to an aromatic ring is 1. The van der Waals surface area contributed by atoms with Crippen molar-refractivity contribution < 1.29 is 18.3 Å². The van der Waals surface area contributed by atoms with Crippen molar-refractivity contribution in [1.29, 1.82) is 5.41 Å². The zero-order valence-corrected chi connectivity index (χ0v) is 21.5. The smallest absolute Gasteiger partial charge is 0.247 e. The Morgan fingerprint density at radius 3 is 2.26 bits per heavy atom. The van der Waals surface area contributed by atoms with Crippen molar-refractivity contribution in [1.82, 2.24) is 0 Å². The van der Waals surface area contributed by atoms with Gasteiger partial charge in [-0.2, -0.15) is 0 Å². The van der Waals surface area contributed by atoms with Crippen LogP contribution in [0.2, 0.25) is 0 Å². The molecule has 0 heterocycles. The fourth-order valence-corrected chi connectivity index (χ4v) is 4.96. The van der Waals surface area contributed by atoms with Crippen LogP contribution >= 0.6 is 0 Å². The van der Waals surface area contributed by atoms with Crippen molar-refractivity contribution in [3.63, 3.8) is 0 Å². The number of rotatable bonds is 9. The number of hydrogen-bond donors (Lipinski definition) is 5. The molecule has 0 spiro atoms. The summed E-state index contributed by atoms with van der Waals surface area (Å²) in [6, 6.07) is 26.6. The van der Waals surface area contributed by atoms with Crippen LogP contribution in [0.25, 0.3) is 11.1 Å². The van der Waals surface area contributed by atoms with E-state index < -0.39 is 15.9 Å². The van der Waals surface area contributed by atoms with E-state index in [1.54, 1.807) is 97.1 Å². The molecule has 0 aliphatic carbocycles. The monoisotopic (exact) mass is 528 g/mol. The number of anilines is 2. The van der Waals surface area contributed by atoms with Gasteiger partial charge in [-0.15, -0.1) is 0 Å². The van der Waals surface area contributed by atoms with Gasteiger partial charge in [-0.1, -0.05) is 54.6 Å². The third-order valence-corrected chi connectivity index (χ3v) is 7.11. The molecule has 0 fully saturated rings. The minimum absolute atomic E-state index is 0.0780. The second-order valence-electron chi connectivity index (χ2n) is 8.90. The Morgan fingerprint density at radius 2 is 1.61 bits per heavy atom. The van der Waals surface area contributed by atoms with E-state index >= 15 is 0 Å². The lowest BCUT2D eigenvalue weighted by atomic mass is 10.0. The molecular formula is C29H28N4O4S. The Bertz CT molecular complexity index is 1570. The van der Waals surface area contributed by atoms with E-state index in [2.05, 4.69) is 10.6 Å². The predicted octanol–water partition coefficient (Wildman–Crippen LogP) is 4.41. The highest BCUT2D eigenvalue weighted by Crippen LogP contribution is 2.28. The zero-order valence-electron chi connectivity index (χ0n) is 20.7. The minimum atomic E-state index is -3.41. The fraction of sp³-hybridized carbons (Fsp3) is 0.103. The van der Waals surface area contributed by atoms with Crippen molar-refractivity contribution in [3.8, 4) is 16.9 Å². The maximum Gasteiger partial charge on any atom is 0.247 e. The number of carbonyl (C=O) groups is 1. The first-order valence-electron chi connectivity index (χ1n) is 11.8. The first kappa shape index (κ1) is 26.4. The van der Waals surface area contributed by atoms with Crippen molar-refractivity contribution in [2.75, 3.05) is 16.9 Å². The van der Waals surface area contributed by atoms with Crippen molar-refractivity contribution >= 4 is 33.0 Å². The molecule has 9 heteroatoms. The molecule has 0 saturated heterocycles. The van der Waals surface area contributed by atoms with Crippen LogP contribution < -0.4 is 16.4 Å². The molecule has 6 N–H and O–H groups in total. The van der Waals surface area contributed by atoms with Gasteiger partial charge in [0.2, 0.25) is 5.91 Å². The molecule has 0 saturated carbocycles. The molecule has 0 aliphatic heterocycles. The number of carbonyl (C=O) groups excluding carboxylic acids is 1. The van der Waals surface area contributed by atoms with E-state index in [4.69, 9.17) is 11.1 Å². The van der Waals surface area contributed by atoms with Gasteiger partial charge < -0.3 is 21.5 Å². The van der Waals surface area contributed by atoms with Crippen LogP contribution in [0.15, 0.2) is 102 Å². The molecule has 4 rings (SSSR count). The number of phenolic OH excluding ortho intramolecular Hbond substituents is 1. The second-order valence-corrected chi connectivity index (χ2v) is 10.9. The van der Waals surface area contributed by atoms with Gasteiger partial charge in [-0.25, -0.2) is 8.42 Å². The molecule has 0 aliphatic rings. The van der Waals surface area contributed by atoms with Gasteiger partial charge in [-0.05, 0) is 53.6 Å². The largest absolute Gasteiger partial charge is 0.508 e. The highest BCUT2D eigenvalue weighted by Gasteiger charge is 2.20. The van der Waals surface area contributed by atoms with E-state index in [0.29, 0.717) is 34.5 Å². The molecule has 4 aromatic rings. The Balaban J connectivity index is 1.57. The Hall–Kier alpha value is -4.63. The molecule has 0 aromatic heterocycles. The fourth-order valence-electron chi connectivity index (χ4n) is 4.05. The lowest BCUT2D eigenvalue weighted by Crippen LogP contribution is -2.36. The minimum Gasteiger partial charge on any atom is -0.508 e. The molecule has 0 unspecified atom stereocenters. The first-order chi connectivity index (χ1) is 18.1. The second kappa shape index (κ2) is 11.2. The van der Waals surface area contributed by atoms with E-state index in [1.807, 2.05) is 0 Å². The third-order valence-electron chi connectivity index (χ3n) is 5.96. The van der Waals surface area contributed by atoms with Crippen LogP contribution in [0.1, 0.15) is 11.1 Å². The third kappa shape index (κ3) is 6.57. The summed E-state index contributed by atoms with van der Waals surface area (Å²) in [4.78, 5) is 13.6. The SMILES string of the molecule is CS(=O)(=O)c1ccccc1-c1ccc(NC(=O)[C@H](Cc2ccc(O)cc2)Nc2cccc(C(=N)N)c2)cc1. The number of phenols is 1. The number of amidine groups is 1. The van der Waals surface area contributed by atoms with Crippen LogP contribution in [0.5, 0.6) is 5.75 Å². The number of hydrogen-bond acceptors (Lipinski definition) is 6. The average molecular weight is 529 g/mol. The molecule has 1 amide bonds. The van der Waals surface area contributed by atoms with Gasteiger partial charge in [0.1, 0.15) is 17.6 Å². The Morgan fingerprint density at radius 1 is 0.921 bits per heavy atom. The quantitative estimate of drug-likeness (QED) is 0.161. The van der Waals surface area contributed by atoms with Gasteiger partial charge in [0, 0.05) is 35.2 Å². The average Bonchev–Trinajstić information content (AvgIpc) is 2.89. The number of benzene rings is 4. The summed E-state index contributed by atoms with van der Waals surface area (Å²) in [5.41, 5.74) is 9.47. The standard InChI is InChI=1S/C29H28N4O4S/c1-38(36,37)27-8-3-2-7-25(27)20-11-13-22(14-12-20)33-29(35)26(17-19-9-15-24(34)16-10-19)32-23-6-4-5-21(18-23)28(30)31/h2-16,18,26,32,34H,17H2,1H3,(H3,30,31)(H,33,35)/t26-/m0/s1. The molecule has 4 aromatic carbocycles. The molecule has 1 atom stereocenters. The Kier molecular flexibility index (Phi) is 7.78. The molecular weight excluding hydrogens is 500 g/mol. The highest BCUT2D eigenvalue weighted by atomic mass is 32.2. The van der Waals surface area contributed by atoms with Gasteiger partial charge in [-0.3, -0.25) is 10.2 Å². The molecule has 0 bridgehead atoms. The van der Waals surface area contributed by atoms with Gasteiger partial charge in [0.15, 0.2) is 9.84 Å². The maximum absolute atomic E-state index is 13.4. The number of nitrogens with one attached hydrogen (secondary N) is 3. The molecule has 0 radical (unpaired) electrons. The summed E-state index contributed by atoms with van der Waals surface area (Å²) in [6.45, 7) is 0. The number of nitrogens with two attached hydrogens (primary N) is 1. The lowest BCUT2D eigenvalue weighted by molar-refractivity contribution is -0.116. The van der Waals surface area contributed by atoms with E-state index in [1.165, 1.54) is 6.26 Å². The highest BCUT2D eigenvalue weighted by molar-refractivity contribution is 7.90. The summed E-state index contributed by atoms with van der Waals surface area (Å²) in [7, 11) is -3.41. The van der Waals surface area contributed by atoms with Crippen molar-refractivity contribution in [2.24, 2.45) is 5.73 Å². The summed E-state index contributed by atoms with van der Waals surface area (Å²) in [5.74, 6) is -0.240. The maximum atomic E-state index is 13.4. The zero-order chi connectivity index (χ0) is 27.3. The Labute approximate surface area is 221 Å². The van der Waals surface area contributed by atoms with Gasteiger partial charge in [0.05, 0.1) is 4.90 Å². The number of aromatic hydroxyl groups is 1. The summed E-state index contributed by atoms with van der Waals surface area (Å²) >= 11 is 0. The van der Waals surface area contributed by atoms with E-state index in [0.717, 1.165) is 5.56 Å². The van der Waals surface area contributed by atoms with Crippen LogP contribution in [0, 0.1) is 5.41 Å². The lowest BCUT2D eigenvalue weighted by Gasteiger charge is -2.20.